The van der Waals surface area contributed by atoms with Gasteiger partial charge in [0, 0.05) is 18.7 Å². The predicted molar refractivity (Wildman–Crippen MR) is 61.4 cm³/mol. The van der Waals surface area contributed by atoms with Gasteiger partial charge >= 0.3 is 0 Å². The molecule has 0 bridgehead atoms. The van der Waals surface area contributed by atoms with E-state index in [1.165, 1.54) is 6.07 Å². The van der Waals surface area contributed by atoms with Crippen molar-refractivity contribution in [3.63, 3.8) is 0 Å². The minimum absolute atomic E-state index is 0.281. The van der Waals surface area contributed by atoms with Crippen molar-refractivity contribution in [2.75, 3.05) is 13.1 Å². The van der Waals surface area contributed by atoms with Crippen LogP contribution in [0.2, 0.25) is 0 Å². The van der Waals surface area contributed by atoms with Gasteiger partial charge in [0.15, 0.2) is 0 Å². The molecule has 0 aliphatic carbocycles. The van der Waals surface area contributed by atoms with Crippen molar-refractivity contribution in [2.45, 2.75) is 26.0 Å². The second-order valence-corrected chi connectivity index (χ2v) is 4.80. The Morgan fingerprint density at radius 1 is 1.41 bits per heavy atom. The summed E-state index contributed by atoms with van der Waals surface area (Å²) in [4.78, 5) is 1.96. The molecule has 2 nitrogen and oxygen atoms in total. The number of halogens is 2. The molecule has 0 aromatic heterocycles. The van der Waals surface area contributed by atoms with Crippen molar-refractivity contribution in [1.29, 1.82) is 0 Å². The maximum atomic E-state index is 13.4. The van der Waals surface area contributed by atoms with E-state index < -0.39 is 5.82 Å². The van der Waals surface area contributed by atoms with Crippen molar-refractivity contribution in [3.8, 4) is 0 Å². The van der Waals surface area contributed by atoms with E-state index in [1.807, 2.05) is 11.8 Å². The fourth-order valence-corrected chi connectivity index (χ4v) is 2.16. The van der Waals surface area contributed by atoms with Crippen molar-refractivity contribution < 1.29 is 13.9 Å². The van der Waals surface area contributed by atoms with Crippen LogP contribution in [-0.2, 0) is 6.54 Å². The van der Waals surface area contributed by atoms with E-state index in [9.17, 15) is 13.9 Å². The number of nitrogens with zero attached hydrogens (tertiary/aromatic N) is 1. The number of likely N-dealkylation sites (tertiary alicyclic amines) is 1. The van der Waals surface area contributed by atoms with E-state index in [0.29, 0.717) is 18.7 Å². The van der Waals surface area contributed by atoms with Crippen LogP contribution >= 0.6 is 0 Å². The number of hydrogen-bond acceptors (Lipinski definition) is 2. The maximum Gasteiger partial charge on any atom is 0.127 e. The fourth-order valence-electron chi connectivity index (χ4n) is 2.16. The average molecular weight is 241 g/mol. The standard InChI is InChI=1S/C13H17F2NO/c1-9-4-5-16(8-13(9)17)7-10-6-11(14)2-3-12(10)15/h2-3,6,9,13,17H,4-5,7-8H2,1H3. The number of β-amino-alcohol motifs (C(OH)–C–C–N with tert-alkyl or cyclic N) is 1. The van der Waals surface area contributed by atoms with Crippen LogP contribution in [0.15, 0.2) is 18.2 Å². The highest BCUT2D eigenvalue weighted by Crippen LogP contribution is 2.20. The first-order valence-electron chi connectivity index (χ1n) is 5.90. The third-order valence-electron chi connectivity index (χ3n) is 3.40. The molecule has 1 N–H and O–H groups in total. The van der Waals surface area contributed by atoms with Gasteiger partial charge in [-0.25, -0.2) is 8.78 Å². The molecule has 1 fully saturated rings. The maximum absolute atomic E-state index is 13.4. The molecule has 0 amide bonds. The summed E-state index contributed by atoms with van der Waals surface area (Å²) in [7, 11) is 0. The smallest absolute Gasteiger partial charge is 0.127 e. The molecular formula is C13H17F2NO. The van der Waals surface area contributed by atoms with Crippen LogP contribution in [0.1, 0.15) is 18.9 Å². The van der Waals surface area contributed by atoms with Gasteiger partial charge in [0.05, 0.1) is 6.10 Å². The Hall–Kier alpha value is -1.00. The van der Waals surface area contributed by atoms with Crippen molar-refractivity contribution in [1.82, 2.24) is 4.90 Å². The van der Waals surface area contributed by atoms with Crippen LogP contribution in [0, 0.1) is 17.6 Å². The third-order valence-corrected chi connectivity index (χ3v) is 3.40. The van der Waals surface area contributed by atoms with E-state index in [0.717, 1.165) is 25.1 Å². The number of aliphatic hydroxyl groups excluding tert-OH is 1. The highest BCUT2D eigenvalue weighted by molar-refractivity contribution is 5.18. The fraction of sp³-hybridized carbons (Fsp3) is 0.538. The summed E-state index contributed by atoms with van der Waals surface area (Å²) in [6.45, 7) is 3.70. The molecule has 1 aliphatic heterocycles. The molecule has 1 aliphatic rings. The Morgan fingerprint density at radius 3 is 2.88 bits per heavy atom. The lowest BCUT2D eigenvalue weighted by Gasteiger charge is -2.34. The first-order valence-corrected chi connectivity index (χ1v) is 5.90. The zero-order chi connectivity index (χ0) is 12.4. The largest absolute Gasteiger partial charge is 0.392 e. The molecule has 0 saturated carbocycles. The van der Waals surface area contributed by atoms with Gasteiger partial charge in [0.1, 0.15) is 11.6 Å². The summed E-state index contributed by atoms with van der Waals surface area (Å²) >= 11 is 0. The predicted octanol–water partition coefficient (Wildman–Crippen LogP) is 2.17. The zero-order valence-corrected chi connectivity index (χ0v) is 9.87. The second-order valence-electron chi connectivity index (χ2n) is 4.80. The zero-order valence-electron chi connectivity index (χ0n) is 9.87. The summed E-state index contributed by atoms with van der Waals surface area (Å²) in [6.07, 6.45) is 0.512. The van der Waals surface area contributed by atoms with Gasteiger partial charge in [-0.05, 0) is 37.1 Å². The van der Waals surface area contributed by atoms with E-state index in [4.69, 9.17) is 0 Å². The number of aliphatic hydroxyl groups is 1. The molecule has 4 heteroatoms. The first kappa shape index (κ1) is 12.5. The third kappa shape index (κ3) is 3.01. The van der Waals surface area contributed by atoms with E-state index in [1.54, 1.807) is 0 Å². The Kier molecular flexibility index (Phi) is 3.74. The lowest BCUT2D eigenvalue weighted by atomic mass is 9.96. The summed E-state index contributed by atoms with van der Waals surface area (Å²) in [5.41, 5.74) is 0.353. The number of rotatable bonds is 2. The summed E-state index contributed by atoms with van der Waals surface area (Å²) in [5.74, 6) is -0.532. The highest BCUT2D eigenvalue weighted by Gasteiger charge is 2.24. The Bertz CT molecular complexity index is 397. The van der Waals surface area contributed by atoms with Gasteiger partial charge < -0.3 is 5.11 Å². The Morgan fingerprint density at radius 2 is 2.18 bits per heavy atom. The summed E-state index contributed by atoms with van der Waals surface area (Å²) < 4.78 is 26.4. The average Bonchev–Trinajstić information content (AvgIpc) is 2.29. The highest BCUT2D eigenvalue weighted by atomic mass is 19.1. The van der Waals surface area contributed by atoms with Gasteiger partial charge in [-0.15, -0.1) is 0 Å². The molecule has 0 radical (unpaired) electrons. The van der Waals surface area contributed by atoms with E-state index in [-0.39, 0.29) is 17.8 Å². The molecule has 1 saturated heterocycles. The van der Waals surface area contributed by atoms with Crippen LogP contribution < -0.4 is 0 Å². The molecule has 2 rings (SSSR count). The number of piperidine rings is 1. The molecule has 1 aromatic carbocycles. The van der Waals surface area contributed by atoms with Gasteiger partial charge in [-0.2, -0.15) is 0 Å². The van der Waals surface area contributed by atoms with Gasteiger partial charge in [0.2, 0.25) is 0 Å². The van der Waals surface area contributed by atoms with Crippen LogP contribution in [0.3, 0.4) is 0 Å². The molecule has 17 heavy (non-hydrogen) atoms. The second kappa shape index (κ2) is 5.10. The number of benzene rings is 1. The van der Waals surface area contributed by atoms with Crippen molar-refractivity contribution >= 4 is 0 Å². The molecular weight excluding hydrogens is 224 g/mol. The molecule has 0 spiro atoms. The van der Waals surface area contributed by atoms with Gasteiger partial charge in [-0.3, -0.25) is 4.90 Å². The quantitative estimate of drug-likeness (QED) is 0.857. The Balaban J connectivity index is 2.03. The summed E-state index contributed by atoms with van der Waals surface area (Å²) in [6, 6.07) is 3.49. The van der Waals surface area contributed by atoms with Crippen molar-refractivity contribution in [2.24, 2.45) is 5.92 Å². The van der Waals surface area contributed by atoms with E-state index >= 15 is 0 Å². The molecule has 2 unspecified atom stereocenters. The molecule has 94 valence electrons. The normalized spacial score (nSPS) is 26.1. The van der Waals surface area contributed by atoms with Crippen LogP contribution in [0.25, 0.3) is 0 Å². The van der Waals surface area contributed by atoms with Gasteiger partial charge in [-0.1, -0.05) is 6.92 Å². The van der Waals surface area contributed by atoms with Crippen molar-refractivity contribution in [3.05, 3.63) is 35.4 Å². The minimum atomic E-state index is -0.424. The molecule has 1 aromatic rings. The minimum Gasteiger partial charge on any atom is -0.392 e. The van der Waals surface area contributed by atoms with E-state index in [2.05, 4.69) is 0 Å². The van der Waals surface area contributed by atoms with Crippen LogP contribution in [0.5, 0.6) is 0 Å². The number of hydrogen-bond donors (Lipinski definition) is 1. The lowest BCUT2D eigenvalue weighted by molar-refractivity contribution is 0.0255. The first-order chi connectivity index (χ1) is 8.06. The summed E-state index contributed by atoms with van der Waals surface area (Å²) in [5, 5.41) is 9.74. The monoisotopic (exact) mass is 241 g/mol. The van der Waals surface area contributed by atoms with Crippen LogP contribution in [-0.4, -0.2) is 29.2 Å². The molecule has 2 atom stereocenters. The van der Waals surface area contributed by atoms with Crippen LogP contribution in [0.4, 0.5) is 8.78 Å². The SMILES string of the molecule is CC1CCN(Cc2cc(F)ccc2F)CC1O. The van der Waals surface area contributed by atoms with Gasteiger partial charge in [0.25, 0.3) is 0 Å². The lowest BCUT2D eigenvalue weighted by Crippen LogP contribution is -2.42. The molecule has 1 heterocycles. The topological polar surface area (TPSA) is 23.5 Å². The Labute approximate surface area is 99.9 Å².